The first-order valence-corrected chi connectivity index (χ1v) is 5.81. The van der Waals surface area contributed by atoms with E-state index in [1.165, 1.54) is 18.2 Å². The number of nitrogens with one attached hydrogen (secondary N) is 1. The number of halogens is 2. The van der Waals surface area contributed by atoms with E-state index in [0.717, 1.165) is 16.8 Å². The number of benzene rings is 2. The van der Waals surface area contributed by atoms with Gasteiger partial charge in [-0.3, -0.25) is 0 Å². The summed E-state index contributed by atoms with van der Waals surface area (Å²) in [5, 5.41) is 3.15. The van der Waals surface area contributed by atoms with E-state index < -0.39 is 0 Å². The van der Waals surface area contributed by atoms with Gasteiger partial charge < -0.3 is 5.32 Å². The third-order valence-electron chi connectivity index (χ3n) is 2.90. The molecule has 0 fully saturated rings. The molecule has 0 aromatic heterocycles. The molecule has 2 aromatic carbocycles. The lowest BCUT2D eigenvalue weighted by atomic mass is 10.1. The van der Waals surface area contributed by atoms with Crippen LogP contribution in [-0.4, -0.2) is 0 Å². The molecule has 2 aromatic rings. The maximum absolute atomic E-state index is 13.1. The van der Waals surface area contributed by atoms with Gasteiger partial charge in [-0.2, -0.15) is 0 Å². The Kier molecular flexibility index (Phi) is 3.60. The lowest BCUT2D eigenvalue weighted by molar-refractivity contribution is 0.617. The van der Waals surface area contributed by atoms with Crippen LogP contribution in [0.3, 0.4) is 0 Å². The van der Waals surface area contributed by atoms with Crippen molar-refractivity contribution in [1.29, 1.82) is 0 Å². The van der Waals surface area contributed by atoms with Crippen molar-refractivity contribution < 1.29 is 8.78 Å². The van der Waals surface area contributed by atoms with Crippen LogP contribution in [0.5, 0.6) is 0 Å². The SMILES string of the molecule is Cc1cc(CNc2cc(F)ccc2C)ccc1F. The topological polar surface area (TPSA) is 12.0 Å². The summed E-state index contributed by atoms with van der Waals surface area (Å²) in [6.07, 6.45) is 0. The Hall–Kier alpha value is -1.90. The molecule has 3 heteroatoms. The monoisotopic (exact) mass is 247 g/mol. The molecule has 0 aliphatic carbocycles. The lowest BCUT2D eigenvalue weighted by Crippen LogP contribution is -2.02. The largest absolute Gasteiger partial charge is 0.381 e. The van der Waals surface area contributed by atoms with Crippen LogP contribution in [-0.2, 0) is 6.54 Å². The highest BCUT2D eigenvalue weighted by Crippen LogP contribution is 2.17. The molecular weight excluding hydrogens is 232 g/mol. The molecule has 1 N–H and O–H groups in total. The number of hydrogen-bond donors (Lipinski definition) is 1. The van der Waals surface area contributed by atoms with E-state index in [4.69, 9.17) is 0 Å². The van der Waals surface area contributed by atoms with Crippen LogP contribution in [0, 0.1) is 25.5 Å². The lowest BCUT2D eigenvalue weighted by Gasteiger charge is -2.10. The maximum atomic E-state index is 13.1. The minimum absolute atomic E-state index is 0.208. The minimum Gasteiger partial charge on any atom is -0.381 e. The van der Waals surface area contributed by atoms with Gasteiger partial charge in [-0.25, -0.2) is 8.78 Å². The Bertz CT molecular complexity index is 564. The number of aryl methyl sites for hydroxylation is 2. The van der Waals surface area contributed by atoms with Gasteiger partial charge in [0.15, 0.2) is 0 Å². The number of anilines is 1. The summed E-state index contributed by atoms with van der Waals surface area (Å²) in [7, 11) is 0. The highest BCUT2D eigenvalue weighted by atomic mass is 19.1. The Morgan fingerprint density at radius 2 is 1.72 bits per heavy atom. The van der Waals surface area contributed by atoms with E-state index in [-0.39, 0.29) is 11.6 Å². The Labute approximate surface area is 105 Å². The molecule has 0 unspecified atom stereocenters. The van der Waals surface area contributed by atoms with Gasteiger partial charge in [0.1, 0.15) is 11.6 Å². The van der Waals surface area contributed by atoms with Crippen molar-refractivity contribution in [2.24, 2.45) is 0 Å². The van der Waals surface area contributed by atoms with Crippen molar-refractivity contribution in [2.45, 2.75) is 20.4 Å². The molecule has 0 radical (unpaired) electrons. The summed E-state index contributed by atoms with van der Waals surface area (Å²) < 4.78 is 26.2. The van der Waals surface area contributed by atoms with E-state index in [1.807, 2.05) is 6.92 Å². The molecular formula is C15H15F2N. The van der Waals surface area contributed by atoms with Gasteiger partial charge in [-0.15, -0.1) is 0 Å². The maximum Gasteiger partial charge on any atom is 0.126 e. The van der Waals surface area contributed by atoms with Crippen LogP contribution in [0.2, 0.25) is 0 Å². The fraction of sp³-hybridized carbons (Fsp3) is 0.200. The van der Waals surface area contributed by atoms with Crippen LogP contribution in [0.25, 0.3) is 0 Å². The molecule has 0 saturated heterocycles. The first kappa shape index (κ1) is 12.6. The smallest absolute Gasteiger partial charge is 0.126 e. The zero-order chi connectivity index (χ0) is 13.1. The summed E-state index contributed by atoms with van der Waals surface area (Å²) in [4.78, 5) is 0. The summed E-state index contributed by atoms with van der Waals surface area (Å²) in [5.41, 5.74) is 3.33. The second-order valence-corrected chi connectivity index (χ2v) is 4.40. The normalized spacial score (nSPS) is 10.4. The summed E-state index contributed by atoms with van der Waals surface area (Å²) in [6, 6.07) is 9.59. The number of rotatable bonds is 3. The quantitative estimate of drug-likeness (QED) is 0.857. The van der Waals surface area contributed by atoms with Crippen molar-refractivity contribution in [3.05, 3.63) is 64.7 Å². The van der Waals surface area contributed by atoms with Gasteiger partial charge in [-0.05, 0) is 48.7 Å². The second-order valence-electron chi connectivity index (χ2n) is 4.40. The van der Waals surface area contributed by atoms with Gasteiger partial charge in [0.2, 0.25) is 0 Å². The molecule has 0 heterocycles. The predicted molar refractivity (Wildman–Crippen MR) is 69.6 cm³/mol. The summed E-state index contributed by atoms with van der Waals surface area (Å²) >= 11 is 0. The molecule has 0 aliphatic heterocycles. The van der Waals surface area contributed by atoms with Gasteiger partial charge in [0, 0.05) is 12.2 Å². The summed E-state index contributed by atoms with van der Waals surface area (Å²) in [6.45, 7) is 4.19. The summed E-state index contributed by atoms with van der Waals surface area (Å²) in [5.74, 6) is -0.473. The predicted octanol–water partition coefficient (Wildman–Crippen LogP) is 4.19. The van der Waals surface area contributed by atoms with Crippen molar-refractivity contribution in [1.82, 2.24) is 0 Å². The first-order chi connectivity index (χ1) is 8.56. The van der Waals surface area contributed by atoms with Crippen molar-refractivity contribution in [3.8, 4) is 0 Å². The molecule has 18 heavy (non-hydrogen) atoms. The molecule has 94 valence electrons. The van der Waals surface area contributed by atoms with Gasteiger partial charge in [0.05, 0.1) is 0 Å². The third kappa shape index (κ3) is 2.86. The first-order valence-electron chi connectivity index (χ1n) is 5.81. The average Bonchev–Trinajstić information content (AvgIpc) is 2.34. The highest BCUT2D eigenvalue weighted by molar-refractivity contribution is 5.51. The molecule has 2 rings (SSSR count). The van der Waals surface area contributed by atoms with E-state index >= 15 is 0 Å². The van der Waals surface area contributed by atoms with Gasteiger partial charge in [0.25, 0.3) is 0 Å². The Morgan fingerprint density at radius 1 is 0.944 bits per heavy atom. The Morgan fingerprint density at radius 3 is 2.44 bits per heavy atom. The van der Waals surface area contributed by atoms with E-state index in [1.54, 1.807) is 25.1 Å². The number of hydrogen-bond acceptors (Lipinski definition) is 1. The second kappa shape index (κ2) is 5.17. The van der Waals surface area contributed by atoms with E-state index in [9.17, 15) is 8.78 Å². The molecule has 0 bridgehead atoms. The molecule has 0 saturated carbocycles. The van der Waals surface area contributed by atoms with E-state index in [2.05, 4.69) is 5.32 Å². The highest BCUT2D eigenvalue weighted by Gasteiger charge is 2.02. The average molecular weight is 247 g/mol. The molecule has 0 amide bonds. The molecule has 1 nitrogen and oxygen atoms in total. The third-order valence-corrected chi connectivity index (χ3v) is 2.90. The van der Waals surface area contributed by atoms with Crippen LogP contribution in [0.1, 0.15) is 16.7 Å². The minimum atomic E-state index is -0.265. The zero-order valence-electron chi connectivity index (χ0n) is 10.4. The molecule has 0 aliphatic rings. The van der Waals surface area contributed by atoms with Crippen molar-refractivity contribution in [3.63, 3.8) is 0 Å². The van der Waals surface area contributed by atoms with Crippen LogP contribution in [0.4, 0.5) is 14.5 Å². The standard InChI is InChI=1S/C15H15F2N/c1-10-3-5-13(16)8-15(10)18-9-12-4-6-14(17)11(2)7-12/h3-8,18H,9H2,1-2H3. The molecule has 0 spiro atoms. The van der Waals surface area contributed by atoms with Gasteiger partial charge in [-0.1, -0.05) is 18.2 Å². The van der Waals surface area contributed by atoms with Crippen molar-refractivity contribution in [2.75, 3.05) is 5.32 Å². The fourth-order valence-electron chi connectivity index (χ4n) is 1.80. The zero-order valence-corrected chi connectivity index (χ0v) is 10.4. The van der Waals surface area contributed by atoms with E-state index in [0.29, 0.717) is 12.1 Å². The van der Waals surface area contributed by atoms with Gasteiger partial charge >= 0.3 is 0 Å². The Balaban J connectivity index is 2.11. The van der Waals surface area contributed by atoms with Crippen LogP contribution >= 0.6 is 0 Å². The van der Waals surface area contributed by atoms with Crippen LogP contribution < -0.4 is 5.32 Å². The fourth-order valence-corrected chi connectivity index (χ4v) is 1.80. The van der Waals surface area contributed by atoms with Crippen molar-refractivity contribution >= 4 is 5.69 Å². The van der Waals surface area contributed by atoms with Crippen LogP contribution in [0.15, 0.2) is 36.4 Å². The molecule has 0 atom stereocenters.